The van der Waals surface area contributed by atoms with Crippen molar-refractivity contribution in [1.82, 2.24) is 30.5 Å². The summed E-state index contributed by atoms with van der Waals surface area (Å²) in [6.45, 7) is 9.65. The number of rotatable bonds is 9. The molecule has 2 aromatic rings. The molecule has 2 aliphatic heterocycles. The van der Waals surface area contributed by atoms with E-state index in [2.05, 4.69) is 35.4 Å². The van der Waals surface area contributed by atoms with Gasteiger partial charge >= 0.3 is 5.97 Å². The van der Waals surface area contributed by atoms with Gasteiger partial charge in [-0.2, -0.15) is 5.21 Å². The van der Waals surface area contributed by atoms with Crippen LogP contribution in [0.3, 0.4) is 0 Å². The number of tetrazole rings is 1. The highest BCUT2D eigenvalue weighted by Crippen LogP contribution is 2.31. The molecule has 2 fully saturated rings. The molecule has 0 radical (unpaired) electrons. The van der Waals surface area contributed by atoms with E-state index in [1.807, 2.05) is 32.2 Å². The summed E-state index contributed by atoms with van der Waals surface area (Å²) in [5, 5.41) is 24.1. The lowest BCUT2D eigenvalue weighted by molar-refractivity contribution is -0.143. The standard InChI is InChI=1S/C21H31N7O3/c1-14(2)9-18(21(29)30)17(20-23-25-26-24-20)10-15-3-4-19(22-11-15)28-12-16(13-28)27-5-7-31-8-6-27/h3-4,11,14,16-18H,5-10,12-13H2,1-2H3,(H,29,30)(H,23,24,25,26)/t17-,18-/m0/s1. The minimum Gasteiger partial charge on any atom is -0.481 e. The first kappa shape index (κ1) is 21.6. The highest BCUT2D eigenvalue weighted by molar-refractivity contribution is 5.71. The molecule has 0 aromatic carbocycles. The van der Waals surface area contributed by atoms with Crippen LogP contribution in [0, 0.1) is 11.8 Å². The average Bonchev–Trinajstić information content (AvgIpc) is 3.26. The zero-order chi connectivity index (χ0) is 21.8. The maximum atomic E-state index is 12.0. The van der Waals surface area contributed by atoms with Gasteiger partial charge in [0.1, 0.15) is 5.82 Å². The van der Waals surface area contributed by atoms with Crippen molar-refractivity contribution in [1.29, 1.82) is 0 Å². The molecule has 0 aliphatic carbocycles. The van der Waals surface area contributed by atoms with Crippen molar-refractivity contribution in [3.05, 3.63) is 29.7 Å². The Balaban J connectivity index is 1.41. The molecule has 0 amide bonds. The van der Waals surface area contributed by atoms with E-state index in [4.69, 9.17) is 4.74 Å². The molecule has 2 atom stereocenters. The second-order valence-electron chi connectivity index (χ2n) is 8.89. The number of carboxylic acid groups (broad SMARTS) is 1. The van der Waals surface area contributed by atoms with Gasteiger partial charge in [-0.05, 0) is 30.4 Å². The number of pyridine rings is 1. The predicted molar refractivity (Wildman–Crippen MR) is 114 cm³/mol. The van der Waals surface area contributed by atoms with Crippen LogP contribution < -0.4 is 4.90 Å². The number of aliphatic carboxylic acids is 1. The third kappa shape index (κ3) is 5.19. The summed E-state index contributed by atoms with van der Waals surface area (Å²) >= 11 is 0. The van der Waals surface area contributed by atoms with Crippen LogP contribution in [0.4, 0.5) is 5.82 Å². The summed E-state index contributed by atoms with van der Waals surface area (Å²) in [7, 11) is 0. The number of hydrogen-bond acceptors (Lipinski definition) is 8. The number of nitrogens with zero attached hydrogens (tertiary/aromatic N) is 6. The Morgan fingerprint density at radius 1 is 1.29 bits per heavy atom. The highest BCUT2D eigenvalue weighted by atomic mass is 16.5. The SMILES string of the molecule is CC(C)C[C@H](C(=O)O)[C@H](Cc1ccc(N2CC(N3CCOCC3)C2)nc1)c1nn[nH]n1. The lowest BCUT2D eigenvalue weighted by atomic mass is 9.81. The van der Waals surface area contributed by atoms with E-state index in [1.165, 1.54) is 0 Å². The van der Waals surface area contributed by atoms with E-state index in [1.54, 1.807) is 0 Å². The van der Waals surface area contributed by atoms with Gasteiger partial charge in [0.2, 0.25) is 0 Å². The van der Waals surface area contributed by atoms with Gasteiger partial charge in [0, 0.05) is 44.3 Å². The molecule has 10 nitrogen and oxygen atoms in total. The molecule has 31 heavy (non-hydrogen) atoms. The molecule has 0 saturated carbocycles. The number of ether oxygens (including phenoxy) is 1. The van der Waals surface area contributed by atoms with Gasteiger partial charge in [-0.3, -0.25) is 9.69 Å². The van der Waals surface area contributed by atoms with Crippen LogP contribution in [0.15, 0.2) is 18.3 Å². The summed E-state index contributed by atoms with van der Waals surface area (Å²) in [6.07, 6.45) is 2.91. The lowest BCUT2D eigenvalue weighted by Crippen LogP contribution is -2.61. The fourth-order valence-electron chi connectivity index (χ4n) is 4.48. The van der Waals surface area contributed by atoms with Gasteiger partial charge in [-0.1, -0.05) is 25.1 Å². The zero-order valence-corrected chi connectivity index (χ0v) is 18.1. The molecular formula is C21H31N7O3. The predicted octanol–water partition coefficient (Wildman–Crippen LogP) is 1.19. The molecule has 4 rings (SSSR count). The summed E-state index contributed by atoms with van der Waals surface area (Å²) in [5.74, 6) is -0.123. The molecule has 2 aromatic heterocycles. The minimum atomic E-state index is -0.831. The van der Waals surface area contributed by atoms with Crippen LogP contribution >= 0.6 is 0 Å². The summed E-state index contributed by atoms with van der Waals surface area (Å²) in [4.78, 5) is 21.4. The number of hydrogen-bond donors (Lipinski definition) is 2. The van der Waals surface area contributed by atoms with Gasteiger partial charge < -0.3 is 14.7 Å². The third-order valence-corrected chi connectivity index (χ3v) is 6.23. The highest BCUT2D eigenvalue weighted by Gasteiger charge is 2.35. The van der Waals surface area contributed by atoms with Gasteiger partial charge in [0.05, 0.1) is 19.1 Å². The van der Waals surface area contributed by atoms with E-state index in [-0.39, 0.29) is 11.8 Å². The Labute approximate surface area is 182 Å². The second-order valence-corrected chi connectivity index (χ2v) is 8.89. The smallest absolute Gasteiger partial charge is 0.307 e. The minimum absolute atomic E-state index is 0.252. The van der Waals surface area contributed by atoms with Crippen molar-refractivity contribution in [3.8, 4) is 0 Å². The first-order valence-electron chi connectivity index (χ1n) is 11.0. The van der Waals surface area contributed by atoms with Crippen LogP contribution in [0.5, 0.6) is 0 Å². The van der Waals surface area contributed by atoms with Gasteiger partial charge in [0.25, 0.3) is 0 Å². The molecule has 2 N–H and O–H groups in total. The normalized spacial score (nSPS) is 19.9. The summed E-state index contributed by atoms with van der Waals surface area (Å²) in [5.41, 5.74) is 0.971. The number of nitrogens with one attached hydrogen (secondary N) is 1. The van der Waals surface area contributed by atoms with E-state index >= 15 is 0 Å². The van der Waals surface area contributed by atoms with E-state index in [9.17, 15) is 9.90 Å². The summed E-state index contributed by atoms with van der Waals surface area (Å²) in [6, 6.07) is 4.63. The number of anilines is 1. The maximum absolute atomic E-state index is 12.0. The fourth-order valence-corrected chi connectivity index (χ4v) is 4.48. The van der Waals surface area contributed by atoms with E-state index in [0.717, 1.165) is 50.8 Å². The Morgan fingerprint density at radius 2 is 2.06 bits per heavy atom. The number of morpholine rings is 1. The molecule has 4 heterocycles. The first-order chi connectivity index (χ1) is 15.0. The Hall–Kier alpha value is -2.59. The Bertz CT molecular complexity index is 831. The molecule has 168 valence electrons. The molecule has 2 aliphatic rings. The summed E-state index contributed by atoms with van der Waals surface area (Å²) < 4.78 is 5.43. The van der Waals surface area contributed by atoms with Gasteiger partial charge in [-0.25, -0.2) is 4.98 Å². The van der Waals surface area contributed by atoms with E-state index < -0.39 is 11.9 Å². The van der Waals surface area contributed by atoms with Crippen molar-refractivity contribution >= 4 is 11.8 Å². The molecule has 0 bridgehead atoms. The number of H-pyrrole nitrogens is 1. The van der Waals surface area contributed by atoms with Crippen LogP contribution in [0.25, 0.3) is 0 Å². The largest absolute Gasteiger partial charge is 0.481 e. The monoisotopic (exact) mass is 429 g/mol. The van der Waals surface area contributed by atoms with Crippen molar-refractivity contribution in [2.24, 2.45) is 11.8 Å². The lowest BCUT2D eigenvalue weighted by Gasteiger charge is -2.47. The van der Waals surface area contributed by atoms with Crippen molar-refractivity contribution in [2.75, 3.05) is 44.3 Å². The van der Waals surface area contributed by atoms with Crippen molar-refractivity contribution in [2.45, 2.75) is 38.6 Å². The Morgan fingerprint density at radius 3 is 2.65 bits per heavy atom. The first-order valence-corrected chi connectivity index (χ1v) is 11.0. The molecule has 10 heteroatoms. The fraction of sp³-hybridized carbons (Fsp3) is 0.667. The quantitative estimate of drug-likeness (QED) is 0.605. The molecule has 0 spiro atoms. The zero-order valence-electron chi connectivity index (χ0n) is 18.1. The van der Waals surface area contributed by atoms with Crippen LogP contribution in [-0.2, 0) is 16.0 Å². The van der Waals surface area contributed by atoms with Gasteiger partial charge in [0.15, 0.2) is 5.82 Å². The maximum Gasteiger partial charge on any atom is 0.307 e. The topological polar surface area (TPSA) is 120 Å². The second kappa shape index (κ2) is 9.69. The average molecular weight is 430 g/mol. The van der Waals surface area contributed by atoms with Gasteiger partial charge in [-0.15, -0.1) is 10.2 Å². The Kier molecular flexibility index (Phi) is 6.77. The number of carbonyl (C=O) groups is 1. The molecule has 0 unspecified atom stereocenters. The number of aromatic nitrogens is 5. The third-order valence-electron chi connectivity index (χ3n) is 6.23. The van der Waals surface area contributed by atoms with Crippen LogP contribution in [0.1, 0.15) is 37.6 Å². The van der Waals surface area contributed by atoms with Crippen molar-refractivity contribution in [3.63, 3.8) is 0 Å². The van der Waals surface area contributed by atoms with Crippen molar-refractivity contribution < 1.29 is 14.6 Å². The van der Waals surface area contributed by atoms with Crippen LogP contribution in [0.2, 0.25) is 0 Å². The van der Waals surface area contributed by atoms with Crippen LogP contribution in [-0.4, -0.2) is 87.0 Å². The number of carboxylic acids is 1. The molecule has 2 saturated heterocycles. The number of aromatic amines is 1. The molecular weight excluding hydrogens is 398 g/mol. The van der Waals surface area contributed by atoms with E-state index in [0.29, 0.717) is 24.7 Å².